The molecule has 0 saturated heterocycles. The second-order valence-electron chi connectivity index (χ2n) is 3.25. The fourth-order valence-electron chi connectivity index (χ4n) is 1.33. The van der Waals surface area contributed by atoms with E-state index in [1.54, 1.807) is 0 Å². The second kappa shape index (κ2) is 5.64. The minimum atomic E-state index is -0.518. The average Bonchev–Trinajstić information content (AvgIpc) is 2.40. The number of hydrogen-bond acceptors (Lipinski definition) is 5. The zero-order chi connectivity index (χ0) is 12.1. The Balaban J connectivity index is 2.14. The van der Waals surface area contributed by atoms with Crippen molar-refractivity contribution in [3.8, 4) is 0 Å². The monoisotopic (exact) mass is 270 g/mol. The van der Waals surface area contributed by atoms with E-state index < -0.39 is 19.0 Å². The van der Waals surface area contributed by atoms with Gasteiger partial charge in [0.25, 0.3) is 0 Å². The van der Waals surface area contributed by atoms with Gasteiger partial charge in [0.15, 0.2) is 10.8 Å². The maximum Gasteiger partial charge on any atom is 0.326 e. The summed E-state index contributed by atoms with van der Waals surface area (Å²) < 4.78 is 26.8. The van der Waals surface area contributed by atoms with Crippen molar-refractivity contribution < 1.29 is 23.7 Å². The molecule has 0 atom stereocenters. The summed E-state index contributed by atoms with van der Waals surface area (Å²) in [7, 11) is -1.04. The Morgan fingerprint density at radius 3 is 1.59 bits per heavy atom. The van der Waals surface area contributed by atoms with Gasteiger partial charge in [-0.2, -0.15) is 0 Å². The average molecular weight is 270 g/mol. The predicted molar refractivity (Wildman–Crippen MR) is 66.6 cm³/mol. The number of hydrogen-bond donors (Lipinski definition) is 0. The van der Waals surface area contributed by atoms with Gasteiger partial charge in [0.05, 0.1) is 0 Å². The van der Waals surface area contributed by atoms with Crippen molar-refractivity contribution in [2.45, 2.75) is 13.1 Å². The highest BCUT2D eigenvalue weighted by Gasteiger charge is 2.20. The zero-order valence-corrected chi connectivity index (χ0v) is 12.6. The van der Waals surface area contributed by atoms with Gasteiger partial charge in [0.2, 0.25) is 0 Å². The second-order valence-corrected chi connectivity index (χ2v) is 5.94. The van der Waals surface area contributed by atoms with Gasteiger partial charge in [-0.3, -0.25) is 0 Å². The van der Waals surface area contributed by atoms with Crippen LogP contribution >= 0.6 is 0 Å². The van der Waals surface area contributed by atoms with E-state index in [9.17, 15) is 0 Å². The molecule has 5 nitrogen and oxygen atoms in total. The summed E-state index contributed by atoms with van der Waals surface area (Å²) in [6, 6.07) is 0. The molecule has 0 aromatic carbocycles. The van der Waals surface area contributed by atoms with E-state index in [0.29, 0.717) is 11.9 Å². The van der Waals surface area contributed by atoms with E-state index in [-0.39, 0.29) is 0 Å². The lowest BCUT2D eigenvalue weighted by Crippen LogP contribution is -2.13. The van der Waals surface area contributed by atoms with Crippen molar-refractivity contribution in [1.29, 1.82) is 0 Å². The van der Waals surface area contributed by atoms with Crippen LogP contribution in [0, 0.1) is 0 Å². The molecule has 2 aliphatic heterocycles. The van der Waals surface area contributed by atoms with Crippen molar-refractivity contribution in [2.24, 2.45) is 0 Å². The Kier molecular flexibility index (Phi) is 3.94. The molecule has 92 valence electrons. The molecule has 0 N–H and O–H groups in total. The molecule has 2 heterocycles. The van der Waals surface area contributed by atoms with Gasteiger partial charge in [-0.15, -0.1) is 0 Å². The van der Waals surface area contributed by atoms with Crippen molar-refractivity contribution in [3.05, 3.63) is 47.7 Å². The van der Waals surface area contributed by atoms with Gasteiger partial charge < -0.3 is 23.7 Å². The van der Waals surface area contributed by atoms with E-state index in [4.69, 9.17) is 23.7 Å². The molecule has 0 aromatic heterocycles. The molecule has 0 unspecified atom stereocenters. The lowest BCUT2D eigenvalue weighted by molar-refractivity contribution is 0.0160. The summed E-state index contributed by atoms with van der Waals surface area (Å²) in [5.41, 5.74) is 0. The van der Waals surface area contributed by atoms with Gasteiger partial charge in [-0.05, 0) is 0 Å². The molecule has 0 amide bonds. The SMILES string of the molecule is C[SiH2]C1=C(OC2=C([SiH2]C)OC=CO2)OC=CO1. The van der Waals surface area contributed by atoms with Crippen LogP contribution in [-0.4, -0.2) is 19.0 Å². The van der Waals surface area contributed by atoms with E-state index >= 15 is 0 Å². The van der Waals surface area contributed by atoms with Crippen LogP contribution in [-0.2, 0) is 23.7 Å². The predicted octanol–water partition coefficient (Wildman–Crippen LogP) is 0.726. The Morgan fingerprint density at radius 1 is 0.765 bits per heavy atom. The van der Waals surface area contributed by atoms with Crippen molar-refractivity contribution >= 4 is 19.0 Å². The fraction of sp³-hybridized carbons (Fsp3) is 0.200. The maximum absolute atomic E-state index is 5.57. The summed E-state index contributed by atoms with van der Waals surface area (Å²) >= 11 is 0. The summed E-state index contributed by atoms with van der Waals surface area (Å²) in [5, 5.41) is 1.52. The summed E-state index contributed by atoms with van der Waals surface area (Å²) in [5.74, 6) is 0.714. The first-order valence-corrected chi connectivity index (χ1v) is 9.70. The van der Waals surface area contributed by atoms with Gasteiger partial charge in [0.1, 0.15) is 44.1 Å². The Hall–Kier alpha value is -1.61. The highest BCUT2D eigenvalue weighted by atomic mass is 28.2. The maximum atomic E-state index is 5.57. The number of rotatable bonds is 4. The quantitative estimate of drug-likeness (QED) is 0.705. The molecule has 0 spiro atoms. The molecule has 0 radical (unpaired) electrons. The highest BCUT2D eigenvalue weighted by Crippen LogP contribution is 2.22. The molecule has 0 bridgehead atoms. The normalized spacial score (nSPS) is 19.6. The molecule has 0 aliphatic carbocycles. The van der Waals surface area contributed by atoms with Crippen LogP contribution in [0.25, 0.3) is 0 Å². The van der Waals surface area contributed by atoms with Crippen LogP contribution in [0.2, 0.25) is 13.1 Å². The highest BCUT2D eigenvalue weighted by molar-refractivity contribution is 6.43. The van der Waals surface area contributed by atoms with Crippen molar-refractivity contribution in [1.82, 2.24) is 0 Å². The third-order valence-corrected chi connectivity index (χ3v) is 4.36. The number of ether oxygens (including phenoxy) is 5. The summed E-state index contributed by atoms with van der Waals surface area (Å²) in [6.07, 6.45) is 5.87. The molecule has 0 aromatic rings. The van der Waals surface area contributed by atoms with Crippen LogP contribution in [0.4, 0.5) is 0 Å². The van der Waals surface area contributed by atoms with E-state index in [1.807, 2.05) is 0 Å². The molecule has 2 aliphatic rings. The minimum Gasteiger partial charge on any atom is -0.465 e. The molecule has 2 rings (SSSR count). The van der Waals surface area contributed by atoms with Crippen molar-refractivity contribution in [3.63, 3.8) is 0 Å². The van der Waals surface area contributed by atoms with E-state index in [0.717, 1.165) is 10.8 Å². The largest absolute Gasteiger partial charge is 0.465 e. The fourth-order valence-corrected chi connectivity index (χ4v) is 2.74. The molecule has 17 heavy (non-hydrogen) atoms. The smallest absolute Gasteiger partial charge is 0.326 e. The standard InChI is InChI=1S/C10H14O5Si2/c1-16-9-7(11-3-5-13-9)15-8-10(17-2)14-6-4-12-8/h3-6H,16-17H2,1-2H3. The third kappa shape index (κ3) is 2.74. The van der Waals surface area contributed by atoms with E-state index in [2.05, 4.69) is 13.1 Å². The van der Waals surface area contributed by atoms with Crippen LogP contribution in [0.15, 0.2) is 47.7 Å². The van der Waals surface area contributed by atoms with Crippen LogP contribution in [0.5, 0.6) is 0 Å². The minimum absolute atomic E-state index is 0.357. The first kappa shape index (κ1) is 11.9. The molecule has 7 heteroatoms. The summed E-state index contributed by atoms with van der Waals surface area (Å²) in [6.45, 7) is 4.17. The third-order valence-electron chi connectivity index (χ3n) is 2.16. The first-order chi connectivity index (χ1) is 8.35. The van der Waals surface area contributed by atoms with Gasteiger partial charge in [0, 0.05) is 0 Å². The lowest BCUT2D eigenvalue weighted by atomic mass is 10.8. The van der Waals surface area contributed by atoms with Gasteiger partial charge in [-0.1, -0.05) is 13.1 Å². The van der Waals surface area contributed by atoms with Crippen molar-refractivity contribution in [2.75, 3.05) is 0 Å². The Labute approximate surface area is 104 Å². The van der Waals surface area contributed by atoms with Crippen LogP contribution < -0.4 is 0 Å². The zero-order valence-electron chi connectivity index (χ0n) is 9.76. The molecular formula is C10H14O5Si2. The van der Waals surface area contributed by atoms with Gasteiger partial charge in [-0.25, -0.2) is 0 Å². The topological polar surface area (TPSA) is 46.2 Å². The molecule has 0 saturated carbocycles. The first-order valence-electron chi connectivity index (χ1n) is 5.46. The van der Waals surface area contributed by atoms with Crippen LogP contribution in [0.3, 0.4) is 0 Å². The lowest BCUT2D eigenvalue weighted by Gasteiger charge is -2.20. The Bertz CT molecular complexity index is 373. The van der Waals surface area contributed by atoms with E-state index in [1.165, 1.54) is 25.0 Å². The Morgan fingerprint density at radius 2 is 1.18 bits per heavy atom. The van der Waals surface area contributed by atoms with Crippen LogP contribution in [0.1, 0.15) is 0 Å². The van der Waals surface area contributed by atoms with Gasteiger partial charge >= 0.3 is 11.9 Å². The molecule has 0 fully saturated rings. The molecular weight excluding hydrogens is 256 g/mol. The summed E-state index contributed by atoms with van der Waals surface area (Å²) in [4.78, 5) is 0.